The van der Waals surface area contributed by atoms with Crippen LogP contribution in [0.3, 0.4) is 0 Å². The average molecular weight is 184 g/mol. The second-order valence-electron chi connectivity index (χ2n) is 3.41. The van der Waals surface area contributed by atoms with Gasteiger partial charge in [0.05, 0.1) is 6.10 Å². The molecule has 0 aliphatic carbocycles. The molecular weight excluding hydrogens is 164 g/mol. The number of rotatable bonds is 6. The lowest BCUT2D eigenvalue weighted by Crippen LogP contribution is -2.14. The van der Waals surface area contributed by atoms with Gasteiger partial charge in [-0.05, 0) is 19.8 Å². The number of nitrogens with zero attached hydrogens (tertiary/aromatic N) is 2. The normalized spacial score (nSPS) is 14.0. The van der Waals surface area contributed by atoms with E-state index in [9.17, 15) is 5.11 Å². The third kappa shape index (κ3) is 7.53. The highest BCUT2D eigenvalue weighted by atomic mass is 16.3. The molecule has 1 N–H and O–H groups in total. The lowest BCUT2D eigenvalue weighted by Gasteiger charge is -2.11. The van der Waals surface area contributed by atoms with Gasteiger partial charge in [-0.2, -0.15) is 5.10 Å². The first-order valence-corrected chi connectivity index (χ1v) is 4.56. The minimum atomic E-state index is -0.290. The van der Waals surface area contributed by atoms with Gasteiger partial charge in [-0.1, -0.05) is 6.08 Å². The SMILES string of the molecule is C=CCCC(O)C/C(C)=N/N(C)C. The van der Waals surface area contributed by atoms with Crippen molar-refractivity contribution in [2.75, 3.05) is 14.1 Å². The maximum atomic E-state index is 9.52. The van der Waals surface area contributed by atoms with Gasteiger partial charge >= 0.3 is 0 Å². The Kier molecular flexibility index (Phi) is 6.24. The molecule has 76 valence electrons. The minimum absolute atomic E-state index is 0.290. The van der Waals surface area contributed by atoms with Crippen LogP contribution in [0, 0.1) is 0 Å². The lowest BCUT2D eigenvalue weighted by atomic mass is 10.1. The molecule has 13 heavy (non-hydrogen) atoms. The molecule has 1 atom stereocenters. The summed E-state index contributed by atoms with van der Waals surface area (Å²) in [5.74, 6) is 0. The molecule has 0 amide bonds. The third-order valence-electron chi connectivity index (χ3n) is 1.61. The molecule has 0 radical (unpaired) electrons. The molecule has 0 bridgehead atoms. The van der Waals surface area contributed by atoms with Gasteiger partial charge in [-0.15, -0.1) is 6.58 Å². The zero-order valence-corrected chi connectivity index (χ0v) is 8.82. The van der Waals surface area contributed by atoms with Gasteiger partial charge in [0.2, 0.25) is 0 Å². The van der Waals surface area contributed by atoms with Crippen LogP contribution in [0.5, 0.6) is 0 Å². The highest BCUT2D eigenvalue weighted by molar-refractivity contribution is 5.82. The van der Waals surface area contributed by atoms with Gasteiger partial charge in [0.25, 0.3) is 0 Å². The second kappa shape index (κ2) is 6.66. The van der Waals surface area contributed by atoms with Crippen LogP contribution in [0.25, 0.3) is 0 Å². The fraction of sp³-hybridized carbons (Fsp3) is 0.700. The molecule has 0 aliphatic rings. The average Bonchev–Trinajstić information content (AvgIpc) is 1.98. The molecule has 0 heterocycles. The Labute approximate surface area is 80.8 Å². The first-order chi connectivity index (χ1) is 6.06. The van der Waals surface area contributed by atoms with Crippen LogP contribution < -0.4 is 0 Å². The molecule has 3 nitrogen and oxygen atoms in total. The smallest absolute Gasteiger partial charge is 0.0595 e. The van der Waals surface area contributed by atoms with Gasteiger partial charge in [0.15, 0.2) is 0 Å². The van der Waals surface area contributed by atoms with Gasteiger partial charge in [-0.3, -0.25) is 0 Å². The highest BCUT2D eigenvalue weighted by Gasteiger charge is 2.04. The molecule has 0 saturated heterocycles. The van der Waals surface area contributed by atoms with Crippen molar-refractivity contribution in [1.29, 1.82) is 0 Å². The van der Waals surface area contributed by atoms with E-state index in [1.54, 1.807) is 5.01 Å². The molecule has 0 aliphatic heterocycles. The maximum absolute atomic E-state index is 9.52. The number of hydrogen-bond donors (Lipinski definition) is 1. The molecule has 0 aromatic rings. The summed E-state index contributed by atoms with van der Waals surface area (Å²) in [6.07, 6.45) is 3.80. The Bertz CT molecular complexity index is 176. The summed E-state index contributed by atoms with van der Waals surface area (Å²) in [5, 5.41) is 15.5. The van der Waals surface area contributed by atoms with Gasteiger partial charge in [0.1, 0.15) is 0 Å². The largest absolute Gasteiger partial charge is 0.393 e. The van der Waals surface area contributed by atoms with Crippen molar-refractivity contribution in [3.8, 4) is 0 Å². The van der Waals surface area contributed by atoms with Gasteiger partial charge in [0, 0.05) is 26.2 Å². The molecular formula is C10H20N2O. The van der Waals surface area contributed by atoms with Crippen LogP contribution in [-0.4, -0.2) is 36.0 Å². The first-order valence-electron chi connectivity index (χ1n) is 4.56. The van der Waals surface area contributed by atoms with Crippen LogP contribution in [-0.2, 0) is 0 Å². The molecule has 3 heteroatoms. The van der Waals surface area contributed by atoms with Gasteiger partial charge < -0.3 is 10.1 Å². The van der Waals surface area contributed by atoms with E-state index >= 15 is 0 Å². The standard InChI is InChI=1S/C10H20N2O/c1-5-6-7-10(13)8-9(2)11-12(3)4/h5,10,13H,1,6-8H2,2-4H3/b11-9+. The summed E-state index contributed by atoms with van der Waals surface area (Å²) in [6.45, 7) is 5.54. The summed E-state index contributed by atoms with van der Waals surface area (Å²) in [6, 6.07) is 0. The molecule has 0 aromatic carbocycles. The Morgan fingerprint density at radius 1 is 1.62 bits per heavy atom. The molecule has 0 spiro atoms. The predicted octanol–water partition coefficient (Wildman–Crippen LogP) is 1.64. The summed E-state index contributed by atoms with van der Waals surface area (Å²) in [5.41, 5.74) is 0.960. The maximum Gasteiger partial charge on any atom is 0.0595 e. The molecule has 0 saturated carbocycles. The number of aliphatic hydroxyl groups is 1. The Balaban J connectivity index is 3.76. The summed E-state index contributed by atoms with van der Waals surface area (Å²) < 4.78 is 0. The third-order valence-corrected chi connectivity index (χ3v) is 1.61. The quantitative estimate of drug-likeness (QED) is 0.387. The Hall–Kier alpha value is -0.830. The zero-order chi connectivity index (χ0) is 10.3. The summed E-state index contributed by atoms with van der Waals surface area (Å²) >= 11 is 0. The van der Waals surface area contributed by atoms with Crippen LogP contribution in [0.4, 0.5) is 0 Å². The number of hydrazone groups is 1. The van der Waals surface area contributed by atoms with Crippen LogP contribution in [0.2, 0.25) is 0 Å². The van der Waals surface area contributed by atoms with E-state index in [4.69, 9.17) is 0 Å². The number of allylic oxidation sites excluding steroid dienone is 1. The van der Waals surface area contributed by atoms with Crippen molar-refractivity contribution in [2.45, 2.75) is 32.3 Å². The van der Waals surface area contributed by atoms with Crippen molar-refractivity contribution in [2.24, 2.45) is 5.10 Å². The van der Waals surface area contributed by atoms with E-state index in [-0.39, 0.29) is 6.10 Å². The number of hydrogen-bond acceptors (Lipinski definition) is 3. The van der Waals surface area contributed by atoms with E-state index in [1.165, 1.54) is 0 Å². The monoisotopic (exact) mass is 184 g/mol. The van der Waals surface area contributed by atoms with E-state index < -0.39 is 0 Å². The minimum Gasteiger partial charge on any atom is -0.393 e. The van der Waals surface area contributed by atoms with E-state index in [2.05, 4.69) is 11.7 Å². The second-order valence-corrected chi connectivity index (χ2v) is 3.41. The van der Waals surface area contributed by atoms with E-state index in [0.717, 1.165) is 18.6 Å². The van der Waals surface area contributed by atoms with Crippen LogP contribution in [0.15, 0.2) is 17.8 Å². The van der Waals surface area contributed by atoms with Crippen LogP contribution in [0.1, 0.15) is 26.2 Å². The molecule has 0 aromatic heterocycles. The fourth-order valence-corrected chi connectivity index (χ4v) is 1.14. The first kappa shape index (κ1) is 12.2. The van der Waals surface area contributed by atoms with Crippen molar-refractivity contribution >= 4 is 5.71 Å². The van der Waals surface area contributed by atoms with E-state index in [1.807, 2.05) is 27.1 Å². The predicted molar refractivity (Wildman–Crippen MR) is 56.9 cm³/mol. The molecule has 0 fully saturated rings. The summed E-state index contributed by atoms with van der Waals surface area (Å²) in [7, 11) is 3.75. The molecule has 0 rings (SSSR count). The van der Waals surface area contributed by atoms with Gasteiger partial charge in [-0.25, -0.2) is 0 Å². The topological polar surface area (TPSA) is 35.8 Å². The number of aliphatic hydroxyl groups excluding tert-OH is 1. The Morgan fingerprint density at radius 3 is 2.69 bits per heavy atom. The van der Waals surface area contributed by atoms with Crippen molar-refractivity contribution in [1.82, 2.24) is 5.01 Å². The lowest BCUT2D eigenvalue weighted by molar-refractivity contribution is 0.173. The van der Waals surface area contributed by atoms with Crippen molar-refractivity contribution in [3.63, 3.8) is 0 Å². The zero-order valence-electron chi connectivity index (χ0n) is 8.82. The fourth-order valence-electron chi connectivity index (χ4n) is 1.14. The highest BCUT2D eigenvalue weighted by Crippen LogP contribution is 2.03. The van der Waals surface area contributed by atoms with Crippen molar-refractivity contribution < 1.29 is 5.11 Å². The summed E-state index contributed by atoms with van der Waals surface area (Å²) in [4.78, 5) is 0. The molecule has 1 unspecified atom stereocenters. The van der Waals surface area contributed by atoms with E-state index in [0.29, 0.717) is 6.42 Å². The Morgan fingerprint density at radius 2 is 2.23 bits per heavy atom. The van der Waals surface area contributed by atoms with Crippen LogP contribution >= 0.6 is 0 Å². The van der Waals surface area contributed by atoms with Crippen molar-refractivity contribution in [3.05, 3.63) is 12.7 Å².